The molecule has 0 saturated carbocycles. The smallest absolute Gasteiger partial charge is 0.295 e. The zero-order chi connectivity index (χ0) is 22.7. The van der Waals surface area contributed by atoms with Crippen LogP contribution in [-0.2, 0) is 4.79 Å². The van der Waals surface area contributed by atoms with E-state index in [9.17, 15) is 9.59 Å². The van der Waals surface area contributed by atoms with E-state index in [0.717, 1.165) is 36.0 Å². The molecule has 7 nitrogen and oxygen atoms in total. The second-order valence-corrected chi connectivity index (χ2v) is 8.46. The predicted molar refractivity (Wildman–Crippen MR) is 126 cm³/mol. The van der Waals surface area contributed by atoms with Gasteiger partial charge in [-0.1, -0.05) is 36.8 Å². The molecule has 32 heavy (non-hydrogen) atoms. The van der Waals surface area contributed by atoms with E-state index < -0.39 is 6.04 Å². The van der Waals surface area contributed by atoms with Gasteiger partial charge in [0.15, 0.2) is 5.52 Å². The van der Waals surface area contributed by atoms with E-state index in [1.54, 1.807) is 4.68 Å². The van der Waals surface area contributed by atoms with Gasteiger partial charge in [-0.05, 0) is 64.5 Å². The number of aromatic nitrogens is 4. The summed E-state index contributed by atoms with van der Waals surface area (Å²) >= 11 is 0. The van der Waals surface area contributed by atoms with Crippen molar-refractivity contribution in [3.8, 4) is 5.69 Å². The summed E-state index contributed by atoms with van der Waals surface area (Å²) in [6, 6.07) is 9.05. The molecule has 0 aliphatic heterocycles. The molecule has 1 N–H and O–H groups in total. The molecule has 2 heterocycles. The molecule has 1 atom stereocenters. The Morgan fingerprint density at radius 1 is 1.16 bits per heavy atom. The largest absolute Gasteiger partial charge is 0.354 e. The lowest BCUT2D eigenvalue weighted by atomic mass is 9.97. The van der Waals surface area contributed by atoms with Gasteiger partial charge >= 0.3 is 0 Å². The van der Waals surface area contributed by atoms with Gasteiger partial charge < -0.3 is 5.32 Å². The molecule has 3 aromatic rings. The Balaban J connectivity index is 1.62. The van der Waals surface area contributed by atoms with Gasteiger partial charge in [-0.3, -0.25) is 9.59 Å². The molecule has 1 aromatic carbocycles. The third kappa shape index (κ3) is 4.24. The van der Waals surface area contributed by atoms with Crippen LogP contribution in [0.25, 0.3) is 16.6 Å². The topological polar surface area (TPSA) is 81.8 Å². The molecule has 2 aromatic heterocycles. The zero-order valence-electron chi connectivity index (χ0n) is 19.1. The highest BCUT2D eigenvalue weighted by Crippen LogP contribution is 2.22. The molecule has 0 saturated heterocycles. The number of nitrogens with zero attached hydrogens (tertiary/aromatic N) is 4. The summed E-state index contributed by atoms with van der Waals surface area (Å²) in [4.78, 5) is 26.3. The summed E-state index contributed by atoms with van der Waals surface area (Å²) in [5.74, 6) is -0.170. The maximum absolute atomic E-state index is 13.3. The molecular formula is C25H31N5O2. The van der Waals surface area contributed by atoms with Gasteiger partial charge in [-0.2, -0.15) is 10.2 Å². The minimum atomic E-state index is -0.659. The van der Waals surface area contributed by atoms with Crippen molar-refractivity contribution in [1.29, 1.82) is 0 Å². The molecule has 4 rings (SSSR count). The van der Waals surface area contributed by atoms with Gasteiger partial charge in [0.05, 0.1) is 22.5 Å². The summed E-state index contributed by atoms with van der Waals surface area (Å²) in [6.07, 6.45) is 8.37. The highest BCUT2D eigenvalue weighted by Gasteiger charge is 2.25. The summed E-state index contributed by atoms with van der Waals surface area (Å²) in [7, 11) is 0. The van der Waals surface area contributed by atoms with Crippen molar-refractivity contribution >= 4 is 16.8 Å². The van der Waals surface area contributed by atoms with Crippen LogP contribution in [0.1, 0.15) is 62.9 Å². The van der Waals surface area contributed by atoms with E-state index in [1.807, 2.05) is 51.1 Å². The van der Waals surface area contributed by atoms with Crippen molar-refractivity contribution in [3.05, 3.63) is 63.7 Å². The van der Waals surface area contributed by atoms with Crippen LogP contribution >= 0.6 is 0 Å². The SMILES string of the molecule is CC[C@H](C(=O)NCCC1=CCCCC1)n1nc(C)c2c(C)n(-c3ccccc3)nc2c1=O. The highest BCUT2D eigenvalue weighted by atomic mass is 16.2. The summed E-state index contributed by atoms with van der Waals surface area (Å²) in [5, 5.41) is 12.9. The first-order valence-electron chi connectivity index (χ1n) is 11.5. The fraction of sp³-hybridized carbons (Fsp3) is 0.440. The van der Waals surface area contributed by atoms with E-state index in [1.165, 1.54) is 23.1 Å². The average Bonchev–Trinajstić information content (AvgIpc) is 3.17. The lowest BCUT2D eigenvalue weighted by Gasteiger charge is -2.18. The highest BCUT2D eigenvalue weighted by molar-refractivity contribution is 5.84. The average molecular weight is 434 g/mol. The van der Waals surface area contributed by atoms with E-state index in [-0.39, 0.29) is 11.5 Å². The van der Waals surface area contributed by atoms with Crippen LogP contribution in [0.5, 0.6) is 0 Å². The molecule has 0 bridgehead atoms. The van der Waals surface area contributed by atoms with E-state index in [2.05, 4.69) is 21.6 Å². The molecular weight excluding hydrogens is 402 g/mol. The molecule has 0 radical (unpaired) electrons. The number of rotatable bonds is 7. The summed E-state index contributed by atoms with van der Waals surface area (Å²) in [6.45, 7) is 6.28. The van der Waals surface area contributed by atoms with Crippen LogP contribution in [0.4, 0.5) is 0 Å². The lowest BCUT2D eigenvalue weighted by Crippen LogP contribution is -2.39. The zero-order valence-corrected chi connectivity index (χ0v) is 19.1. The Labute approximate surface area is 188 Å². The lowest BCUT2D eigenvalue weighted by molar-refractivity contribution is -0.124. The monoisotopic (exact) mass is 433 g/mol. The number of aryl methyl sites for hydroxylation is 2. The number of carbonyl (C=O) groups excluding carboxylic acids is 1. The third-order valence-corrected chi connectivity index (χ3v) is 6.26. The van der Waals surface area contributed by atoms with Crippen molar-refractivity contribution < 1.29 is 4.79 Å². The number of hydrogen-bond acceptors (Lipinski definition) is 4. The van der Waals surface area contributed by atoms with Crippen molar-refractivity contribution in [3.63, 3.8) is 0 Å². The molecule has 1 amide bonds. The van der Waals surface area contributed by atoms with E-state index in [0.29, 0.717) is 24.2 Å². The molecule has 168 valence electrons. The van der Waals surface area contributed by atoms with Gasteiger partial charge in [0.25, 0.3) is 5.56 Å². The Hall–Kier alpha value is -3.22. The van der Waals surface area contributed by atoms with Gasteiger partial charge in [0.2, 0.25) is 5.91 Å². The maximum atomic E-state index is 13.3. The minimum absolute atomic E-state index is 0.170. The van der Waals surface area contributed by atoms with E-state index in [4.69, 9.17) is 0 Å². The Morgan fingerprint density at radius 2 is 1.94 bits per heavy atom. The first-order valence-corrected chi connectivity index (χ1v) is 11.5. The number of hydrogen-bond donors (Lipinski definition) is 1. The number of allylic oxidation sites excluding steroid dienone is 1. The predicted octanol–water partition coefficient (Wildman–Crippen LogP) is 4.16. The minimum Gasteiger partial charge on any atom is -0.354 e. The number of carbonyl (C=O) groups is 1. The quantitative estimate of drug-likeness (QED) is 0.568. The van der Waals surface area contributed by atoms with E-state index >= 15 is 0 Å². The number of para-hydroxylation sites is 1. The molecule has 0 fully saturated rings. The number of fused-ring (bicyclic) bond motifs is 1. The van der Waals surface area contributed by atoms with Crippen LogP contribution in [0.2, 0.25) is 0 Å². The summed E-state index contributed by atoms with van der Waals surface area (Å²) in [5.41, 5.74) is 3.86. The molecule has 1 aliphatic carbocycles. The van der Waals surface area contributed by atoms with Crippen molar-refractivity contribution in [2.75, 3.05) is 6.54 Å². The van der Waals surface area contributed by atoms with Crippen LogP contribution in [0, 0.1) is 13.8 Å². The number of amides is 1. The first-order chi connectivity index (χ1) is 15.5. The van der Waals surface area contributed by atoms with Crippen LogP contribution in [-0.4, -0.2) is 32.0 Å². The van der Waals surface area contributed by atoms with Crippen LogP contribution in [0.15, 0.2) is 46.8 Å². The van der Waals surface area contributed by atoms with Crippen molar-refractivity contribution in [2.24, 2.45) is 0 Å². The molecule has 0 unspecified atom stereocenters. The second-order valence-electron chi connectivity index (χ2n) is 8.46. The van der Waals surface area contributed by atoms with Crippen molar-refractivity contribution in [1.82, 2.24) is 24.9 Å². The van der Waals surface area contributed by atoms with Crippen LogP contribution < -0.4 is 10.9 Å². The van der Waals surface area contributed by atoms with Gasteiger partial charge in [0, 0.05) is 6.54 Å². The van der Waals surface area contributed by atoms with Crippen molar-refractivity contribution in [2.45, 2.75) is 65.3 Å². The fourth-order valence-electron chi connectivity index (χ4n) is 4.55. The first kappa shape index (κ1) is 22.0. The van der Waals surface area contributed by atoms with Gasteiger partial charge in [0.1, 0.15) is 6.04 Å². The fourth-order valence-corrected chi connectivity index (χ4v) is 4.55. The Bertz CT molecular complexity index is 1210. The molecule has 0 spiro atoms. The number of benzene rings is 1. The molecule has 1 aliphatic rings. The molecule has 7 heteroatoms. The standard InChI is InChI=1S/C25H31N5O2/c1-4-21(24(31)26-16-15-19-11-7-5-8-12-19)30-25(32)23-22(17(2)27-30)18(3)29(28-23)20-13-9-6-10-14-20/h6,9-11,13-14,21H,4-5,7-8,12,15-16H2,1-3H3,(H,26,31)/t21-/m1/s1. The normalized spacial score (nSPS) is 14.9. The van der Waals surface area contributed by atoms with Gasteiger partial charge in [-0.25, -0.2) is 9.36 Å². The third-order valence-electron chi connectivity index (χ3n) is 6.26. The Morgan fingerprint density at radius 3 is 2.62 bits per heavy atom. The van der Waals surface area contributed by atoms with Crippen LogP contribution in [0.3, 0.4) is 0 Å². The number of nitrogens with one attached hydrogen (secondary N) is 1. The summed E-state index contributed by atoms with van der Waals surface area (Å²) < 4.78 is 3.08. The Kier molecular flexibility index (Phi) is 6.53. The maximum Gasteiger partial charge on any atom is 0.295 e. The second kappa shape index (κ2) is 9.51. The van der Waals surface area contributed by atoms with Gasteiger partial charge in [-0.15, -0.1) is 0 Å².